The van der Waals surface area contributed by atoms with Gasteiger partial charge in [-0.25, -0.2) is 4.68 Å². The highest BCUT2D eigenvalue weighted by atomic mass is 79.9. The normalized spacial score (nSPS) is 19.5. The molecule has 4 rings (SSSR count). The molecule has 164 valence electrons. The smallest absolute Gasteiger partial charge is 0.257 e. The van der Waals surface area contributed by atoms with Crippen LogP contribution in [0.4, 0.5) is 0 Å². The van der Waals surface area contributed by atoms with Gasteiger partial charge in [-0.3, -0.25) is 4.79 Å². The Kier molecular flexibility index (Phi) is 8.30. The topological polar surface area (TPSA) is 59.8 Å². The molecule has 30 heavy (non-hydrogen) atoms. The molecule has 1 atom stereocenters. The molecule has 8 heteroatoms. The van der Waals surface area contributed by atoms with Gasteiger partial charge in [-0.05, 0) is 57.0 Å². The first-order valence-corrected chi connectivity index (χ1v) is 10.6. The summed E-state index contributed by atoms with van der Waals surface area (Å²) in [6.45, 7) is 7.81. The lowest BCUT2D eigenvalue weighted by molar-refractivity contribution is 0.0303. The number of rotatable bonds is 7. The van der Waals surface area contributed by atoms with Crippen molar-refractivity contribution in [2.24, 2.45) is 0 Å². The van der Waals surface area contributed by atoms with Gasteiger partial charge in [0.2, 0.25) is 0 Å². The van der Waals surface area contributed by atoms with E-state index in [0.29, 0.717) is 37.9 Å². The summed E-state index contributed by atoms with van der Waals surface area (Å²) in [6, 6.07) is 8.56. The second kappa shape index (κ2) is 10.9. The van der Waals surface area contributed by atoms with Crippen LogP contribution in [0.15, 0.2) is 36.7 Å². The van der Waals surface area contributed by atoms with Crippen molar-refractivity contribution in [1.29, 1.82) is 0 Å². The first-order valence-electron chi connectivity index (χ1n) is 10.6. The first kappa shape index (κ1) is 22.8. The Morgan fingerprint density at radius 2 is 1.97 bits per heavy atom. The van der Waals surface area contributed by atoms with Gasteiger partial charge in [0, 0.05) is 31.9 Å². The molecule has 2 aliphatic heterocycles. The van der Waals surface area contributed by atoms with E-state index in [1.807, 2.05) is 29.2 Å². The van der Waals surface area contributed by atoms with Crippen LogP contribution in [0.2, 0.25) is 0 Å². The van der Waals surface area contributed by atoms with Gasteiger partial charge in [0.1, 0.15) is 5.75 Å². The van der Waals surface area contributed by atoms with E-state index in [4.69, 9.17) is 9.47 Å². The number of amides is 1. The molecule has 0 bridgehead atoms. The molecular weight excluding hydrogens is 448 g/mol. The van der Waals surface area contributed by atoms with Gasteiger partial charge in [0.25, 0.3) is 5.91 Å². The highest BCUT2D eigenvalue weighted by Crippen LogP contribution is 2.18. The van der Waals surface area contributed by atoms with Crippen LogP contribution in [-0.2, 0) is 4.74 Å². The number of benzene rings is 1. The van der Waals surface area contributed by atoms with Crippen LogP contribution in [0, 0.1) is 0 Å². The van der Waals surface area contributed by atoms with Crippen LogP contribution in [0.25, 0.3) is 5.69 Å². The van der Waals surface area contributed by atoms with Crippen LogP contribution >= 0.6 is 17.0 Å². The molecule has 0 spiro atoms. The predicted octanol–water partition coefficient (Wildman–Crippen LogP) is 3.18. The third-order valence-corrected chi connectivity index (χ3v) is 5.78. The van der Waals surface area contributed by atoms with Crippen molar-refractivity contribution in [3.05, 3.63) is 42.2 Å². The number of hydrogen-bond acceptors (Lipinski definition) is 5. The zero-order chi connectivity index (χ0) is 20.1. The molecule has 0 radical (unpaired) electrons. The third kappa shape index (κ3) is 5.62. The quantitative estimate of drug-likeness (QED) is 0.571. The maximum absolute atomic E-state index is 12.6. The molecule has 1 aromatic carbocycles. The predicted molar refractivity (Wildman–Crippen MR) is 121 cm³/mol. The molecule has 7 nitrogen and oxygen atoms in total. The Bertz CT molecular complexity index is 805. The summed E-state index contributed by atoms with van der Waals surface area (Å²) in [4.78, 5) is 16.9. The van der Waals surface area contributed by atoms with Gasteiger partial charge in [0.05, 0.1) is 37.3 Å². The lowest BCUT2D eigenvalue weighted by Gasteiger charge is -2.26. The SMILES string of the molecule is Br.C[C@@H]1CCCN1CCCOc1ccc(-n2cc(C(=O)N3CCOCC3)cn2)cc1. The van der Waals surface area contributed by atoms with E-state index < -0.39 is 0 Å². The summed E-state index contributed by atoms with van der Waals surface area (Å²) in [5.74, 6) is 0.867. The summed E-state index contributed by atoms with van der Waals surface area (Å²) >= 11 is 0. The van der Waals surface area contributed by atoms with Gasteiger partial charge >= 0.3 is 0 Å². The van der Waals surface area contributed by atoms with Gasteiger partial charge in [-0.1, -0.05) is 0 Å². The zero-order valence-electron chi connectivity index (χ0n) is 17.5. The molecular formula is C22H31BrN4O3. The van der Waals surface area contributed by atoms with Crippen molar-refractivity contribution >= 4 is 22.9 Å². The average molecular weight is 479 g/mol. The van der Waals surface area contributed by atoms with Crippen molar-refractivity contribution in [2.75, 3.05) is 46.0 Å². The summed E-state index contributed by atoms with van der Waals surface area (Å²) < 4.78 is 12.9. The minimum absolute atomic E-state index is 0. The molecule has 0 unspecified atom stereocenters. The highest BCUT2D eigenvalue weighted by Gasteiger charge is 2.20. The average Bonchev–Trinajstić information content (AvgIpc) is 3.41. The first-order chi connectivity index (χ1) is 14.2. The molecule has 3 heterocycles. The summed E-state index contributed by atoms with van der Waals surface area (Å²) in [6.07, 6.45) is 7.08. The summed E-state index contributed by atoms with van der Waals surface area (Å²) in [5.41, 5.74) is 1.51. The largest absolute Gasteiger partial charge is 0.494 e. The van der Waals surface area contributed by atoms with Crippen LogP contribution in [0.5, 0.6) is 5.75 Å². The molecule has 2 fully saturated rings. The fourth-order valence-electron chi connectivity index (χ4n) is 4.00. The van der Waals surface area contributed by atoms with E-state index in [1.165, 1.54) is 19.4 Å². The number of carbonyl (C=O) groups is 1. The highest BCUT2D eigenvalue weighted by molar-refractivity contribution is 8.93. The number of ether oxygens (including phenoxy) is 2. The Morgan fingerprint density at radius 1 is 1.20 bits per heavy atom. The minimum Gasteiger partial charge on any atom is -0.494 e. The lowest BCUT2D eigenvalue weighted by atomic mass is 10.2. The number of carbonyl (C=O) groups excluding carboxylic acids is 1. The number of nitrogens with zero attached hydrogens (tertiary/aromatic N) is 4. The van der Waals surface area contributed by atoms with E-state index in [2.05, 4.69) is 16.9 Å². The molecule has 1 amide bonds. The van der Waals surface area contributed by atoms with Crippen molar-refractivity contribution in [3.63, 3.8) is 0 Å². The van der Waals surface area contributed by atoms with Gasteiger partial charge in [-0.2, -0.15) is 5.10 Å². The maximum Gasteiger partial charge on any atom is 0.257 e. The molecule has 2 aromatic rings. The molecule has 0 aliphatic carbocycles. The summed E-state index contributed by atoms with van der Waals surface area (Å²) in [5, 5.41) is 4.35. The van der Waals surface area contributed by atoms with Crippen molar-refractivity contribution < 1.29 is 14.3 Å². The fraction of sp³-hybridized carbons (Fsp3) is 0.545. The van der Waals surface area contributed by atoms with Crippen molar-refractivity contribution in [1.82, 2.24) is 19.6 Å². The zero-order valence-corrected chi connectivity index (χ0v) is 19.2. The van der Waals surface area contributed by atoms with E-state index in [1.54, 1.807) is 17.1 Å². The Labute approximate surface area is 188 Å². The molecule has 1 aromatic heterocycles. The van der Waals surface area contributed by atoms with Gasteiger partial charge in [0.15, 0.2) is 0 Å². The van der Waals surface area contributed by atoms with Crippen LogP contribution in [-0.4, -0.2) is 77.5 Å². The number of halogens is 1. The van der Waals surface area contributed by atoms with Crippen LogP contribution < -0.4 is 4.74 Å². The van der Waals surface area contributed by atoms with Crippen LogP contribution in [0.3, 0.4) is 0 Å². The van der Waals surface area contributed by atoms with Crippen molar-refractivity contribution in [3.8, 4) is 11.4 Å². The number of aromatic nitrogens is 2. The van der Waals surface area contributed by atoms with Gasteiger partial charge < -0.3 is 19.3 Å². The molecule has 2 aliphatic rings. The van der Waals surface area contributed by atoms with Gasteiger partial charge in [-0.15, -0.1) is 17.0 Å². The second-order valence-corrected chi connectivity index (χ2v) is 7.80. The Morgan fingerprint density at radius 3 is 2.67 bits per heavy atom. The van der Waals surface area contributed by atoms with E-state index >= 15 is 0 Å². The Hall–Kier alpha value is -1.90. The fourth-order valence-corrected chi connectivity index (χ4v) is 4.00. The lowest BCUT2D eigenvalue weighted by Crippen LogP contribution is -2.40. The van der Waals surface area contributed by atoms with Crippen LogP contribution in [0.1, 0.15) is 36.5 Å². The second-order valence-electron chi connectivity index (χ2n) is 7.80. The number of morpholine rings is 1. The maximum atomic E-state index is 12.6. The number of likely N-dealkylation sites (tertiary alicyclic amines) is 1. The molecule has 0 saturated carbocycles. The monoisotopic (exact) mass is 478 g/mol. The molecule has 0 N–H and O–H groups in total. The van der Waals surface area contributed by atoms with E-state index in [0.717, 1.165) is 31.0 Å². The third-order valence-electron chi connectivity index (χ3n) is 5.78. The minimum atomic E-state index is 0. The molecule has 2 saturated heterocycles. The standard InChI is InChI=1S/C22H30N4O3.BrH/c1-18-4-2-9-24(18)10-3-13-29-21-7-5-20(6-8-21)26-17-19(16-23-26)22(27)25-11-14-28-15-12-25;/h5-8,16-18H,2-4,9-15H2,1H3;1H/t18-;/m1./s1. The summed E-state index contributed by atoms with van der Waals surface area (Å²) in [7, 11) is 0. The number of hydrogen-bond donors (Lipinski definition) is 0. The van der Waals surface area contributed by atoms with E-state index in [-0.39, 0.29) is 22.9 Å². The van der Waals surface area contributed by atoms with E-state index in [9.17, 15) is 4.79 Å². The Balaban J connectivity index is 0.00000256. The van der Waals surface area contributed by atoms with Crippen molar-refractivity contribution in [2.45, 2.75) is 32.2 Å².